The van der Waals surface area contributed by atoms with Gasteiger partial charge in [0.15, 0.2) is 11.6 Å². The summed E-state index contributed by atoms with van der Waals surface area (Å²) in [6, 6.07) is 3.64. The molecule has 0 saturated carbocycles. The molecule has 2 aromatic rings. The number of hydrogen-bond donors (Lipinski definition) is 2. The molecule has 8 heteroatoms. The van der Waals surface area contributed by atoms with Crippen molar-refractivity contribution in [1.82, 2.24) is 4.98 Å². The van der Waals surface area contributed by atoms with Gasteiger partial charge < -0.3 is 10.5 Å². The lowest BCUT2D eigenvalue weighted by Gasteiger charge is -2.12. The number of benzene rings is 1. The van der Waals surface area contributed by atoms with Crippen molar-refractivity contribution in [3.63, 3.8) is 0 Å². The van der Waals surface area contributed by atoms with Crippen LogP contribution in [0.1, 0.15) is 5.56 Å². The van der Waals surface area contributed by atoms with Gasteiger partial charge in [-0.25, -0.2) is 12.8 Å². The molecular weight excluding hydrogens is 297 g/mol. The van der Waals surface area contributed by atoms with E-state index < -0.39 is 15.8 Å². The van der Waals surface area contributed by atoms with Crippen molar-refractivity contribution in [3.8, 4) is 5.75 Å². The zero-order chi connectivity index (χ0) is 15.6. The quantitative estimate of drug-likeness (QED) is 0.841. The second-order valence-electron chi connectivity index (χ2n) is 4.32. The van der Waals surface area contributed by atoms with E-state index in [2.05, 4.69) is 9.71 Å². The minimum absolute atomic E-state index is 0.0965. The average molecular weight is 311 g/mol. The number of rotatable bonds is 4. The highest BCUT2D eigenvalue weighted by molar-refractivity contribution is 7.92. The standard InChI is InChI=1S/C13H14FN3O3S/c1-8-3-4-16-7-12(8)17-21(18,19)9-5-10(14)13(20-2)11(15)6-9/h3-7,17H,15H2,1-2H3. The molecule has 0 bridgehead atoms. The number of sulfonamides is 1. The van der Waals surface area contributed by atoms with Crippen LogP contribution in [0.2, 0.25) is 0 Å². The van der Waals surface area contributed by atoms with Crippen LogP contribution >= 0.6 is 0 Å². The van der Waals surface area contributed by atoms with Crippen LogP contribution in [-0.4, -0.2) is 20.5 Å². The molecule has 6 nitrogen and oxygen atoms in total. The Hall–Kier alpha value is -2.35. The van der Waals surface area contributed by atoms with Crippen LogP contribution < -0.4 is 15.2 Å². The predicted molar refractivity (Wildman–Crippen MR) is 77.1 cm³/mol. The van der Waals surface area contributed by atoms with E-state index in [0.29, 0.717) is 11.3 Å². The molecule has 0 unspecified atom stereocenters. The summed E-state index contributed by atoms with van der Waals surface area (Å²) in [5.41, 5.74) is 6.49. The van der Waals surface area contributed by atoms with E-state index >= 15 is 0 Å². The maximum Gasteiger partial charge on any atom is 0.262 e. The number of aryl methyl sites for hydroxylation is 1. The van der Waals surface area contributed by atoms with Crippen LogP contribution in [-0.2, 0) is 10.0 Å². The van der Waals surface area contributed by atoms with Crippen molar-refractivity contribution >= 4 is 21.4 Å². The number of methoxy groups -OCH3 is 1. The Kier molecular flexibility index (Phi) is 3.99. The Balaban J connectivity index is 2.43. The summed E-state index contributed by atoms with van der Waals surface area (Å²) in [7, 11) is -2.72. The van der Waals surface area contributed by atoms with Crippen LogP contribution in [0.15, 0.2) is 35.5 Å². The van der Waals surface area contributed by atoms with Crippen LogP contribution in [0, 0.1) is 12.7 Å². The van der Waals surface area contributed by atoms with E-state index in [0.717, 1.165) is 12.1 Å². The largest absolute Gasteiger partial charge is 0.492 e. The van der Waals surface area contributed by atoms with Crippen LogP contribution in [0.4, 0.5) is 15.8 Å². The number of nitrogens with one attached hydrogen (secondary N) is 1. The van der Waals surface area contributed by atoms with Gasteiger partial charge >= 0.3 is 0 Å². The molecule has 21 heavy (non-hydrogen) atoms. The minimum atomic E-state index is -3.97. The average Bonchev–Trinajstić information content (AvgIpc) is 2.41. The SMILES string of the molecule is COc1c(N)cc(S(=O)(=O)Nc2cnccc2C)cc1F. The molecule has 0 aliphatic carbocycles. The topological polar surface area (TPSA) is 94.3 Å². The Labute approximate surface area is 121 Å². The molecule has 0 fully saturated rings. The van der Waals surface area contributed by atoms with Gasteiger partial charge in [-0.3, -0.25) is 9.71 Å². The predicted octanol–water partition coefficient (Wildman–Crippen LogP) is 1.92. The number of nitrogens with zero attached hydrogens (tertiary/aromatic N) is 1. The highest BCUT2D eigenvalue weighted by atomic mass is 32.2. The van der Waals surface area contributed by atoms with Gasteiger partial charge in [0.1, 0.15) is 0 Å². The number of halogens is 1. The zero-order valence-corrected chi connectivity index (χ0v) is 12.2. The summed E-state index contributed by atoms with van der Waals surface area (Å²) in [6.07, 6.45) is 2.91. The number of hydrogen-bond acceptors (Lipinski definition) is 5. The van der Waals surface area contributed by atoms with Gasteiger partial charge in [0.25, 0.3) is 10.0 Å². The number of nitrogen functional groups attached to an aromatic ring is 1. The Bertz CT molecular complexity index is 755. The third-order valence-corrected chi connectivity index (χ3v) is 4.19. The van der Waals surface area contributed by atoms with Crippen LogP contribution in [0.3, 0.4) is 0 Å². The van der Waals surface area contributed by atoms with Gasteiger partial charge in [0.2, 0.25) is 0 Å². The molecule has 0 aliphatic heterocycles. The Morgan fingerprint density at radius 2 is 2.10 bits per heavy atom. The van der Waals surface area contributed by atoms with Gasteiger partial charge in [-0.05, 0) is 30.7 Å². The monoisotopic (exact) mass is 311 g/mol. The maximum absolute atomic E-state index is 13.8. The lowest BCUT2D eigenvalue weighted by atomic mass is 10.3. The molecule has 1 heterocycles. The second kappa shape index (κ2) is 5.57. The normalized spacial score (nSPS) is 11.2. The zero-order valence-electron chi connectivity index (χ0n) is 11.4. The van der Waals surface area contributed by atoms with Gasteiger partial charge in [-0.2, -0.15) is 0 Å². The molecule has 1 aromatic heterocycles. The summed E-state index contributed by atoms with van der Waals surface area (Å²) in [6.45, 7) is 1.72. The molecule has 0 atom stereocenters. The van der Waals surface area contributed by atoms with E-state index in [1.807, 2.05) is 0 Å². The highest BCUT2D eigenvalue weighted by Gasteiger charge is 2.20. The molecule has 0 spiro atoms. The first-order chi connectivity index (χ1) is 9.85. The van der Waals surface area contributed by atoms with Crippen LogP contribution in [0.25, 0.3) is 0 Å². The Morgan fingerprint density at radius 1 is 1.38 bits per heavy atom. The molecule has 0 amide bonds. The molecule has 0 saturated heterocycles. The van der Waals surface area contributed by atoms with E-state index in [1.165, 1.54) is 19.5 Å². The first kappa shape index (κ1) is 15.0. The number of anilines is 2. The van der Waals surface area contributed by atoms with Crippen molar-refractivity contribution in [2.45, 2.75) is 11.8 Å². The molecule has 3 N–H and O–H groups in total. The van der Waals surface area contributed by atoms with Crippen LogP contribution in [0.5, 0.6) is 5.75 Å². The molecule has 2 rings (SSSR count). The van der Waals surface area contributed by atoms with Crippen molar-refractivity contribution in [2.75, 3.05) is 17.6 Å². The van der Waals surface area contributed by atoms with Gasteiger partial charge in [-0.1, -0.05) is 0 Å². The number of ether oxygens (including phenoxy) is 1. The third-order valence-electron chi connectivity index (χ3n) is 2.84. The fourth-order valence-electron chi connectivity index (χ4n) is 1.73. The summed E-state index contributed by atoms with van der Waals surface area (Å²) < 4.78 is 45.4. The number of nitrogens with two attached hydrogens (primary N) is 1. The first-order valence-corrected chi connectivity index (χ1v) is 7.40. The van der Waals surface area contributed by atoms with Gasteiger partial charge in [0.05, 0.1) is 29.6 Å². The summed E-state index contributed by atoms with van der Waals surface area (Å²) in [5, 5.41) is 0. The molecule has 1 aromatic carbocycles. The highest BCUT2D eigenvalue weighted by Crippen LogP contribution is 2.29. The minimum Gasteiger partial charge on any atom is -0.492 e. The lowest BCUT2D eigenvalue weighted by Crippen LogP contribution is -2.15. The fraction of sp³-hybridized carbons (Fsp3) is 0.154. The maximum atomic E-state index is 13.8. The molecule has 0 aliphatic rings. The Morgan fingerprint density at radius 3 is 2.67 bits per heavy atom. The van der Waals surface area contributed by atoms with Crippen molar-refractivity contribution in [2.24, 2.45) is 0 Å². The molecule has 0 radical (unpaired) electrons. The number of aromatic nitrogens is 1. The second-order valence-corrected chi connectivity index (χ2v) is 6.01. The van der Waals surface area contributed by atoms with E-state index in [-0.39, 0.29) is 16.3 Å². The van der Waals surface area contributed by atoms with Gasteiger partial charge in [0, 0.05) is 6.20 Å². The summed E-state index contributed by atoms with van der Waals surface area (Å²) in [4.78, 5) is 3.55. The van der Waals surface area contributed by atoms with E-state index in [4.69, 9.17) is 10.5 Å². The van der Waals surface area contributed by atoms with Crippen molar-refractivity contribution in [1.29, 1.82) is 0 Å². The fourth-order valence-corrected chi connectivity index (χ4v) is 2.90. The first-order valence-electron chi connectivity index (χ1n) is 5.91. The summed E-state index contributed by atoms with van der Waals surface area (Å²) >= 11 is 0. The smallest absolute Gasteiger partial charge is 0.262 e. The van der Waals surface area contributed by atoms with Gasteiger partial charge in [-0.15, -0.1) is 0 Å². The van der Waals surface area contributed by atoms with Crippen molar-refractivity contribution in [3.05, 3.63) is 42.0 Å². The molecule has 112 valence electrons. The van der Waals surface area contributed by atoms with E-state index in [1.54, 1.807) is 13.0 Å². The molecular formula is C13H14FN3O3S. The van der Waals surface area contributed by atoms with E-state index in [9.17, 15) is 12.8 Å². The van der Waals surface area contributed by atoms with Crippen molar-refractivity contribution < 1.29 is 17.5 Å². The third kappa shape index (κ3) is 3.05. The summed E-state index contributed by atoms with van der Waals surface area (Å²) in [5.74, 6) is -1.03. The lowest BCUT2D eigenvalue weighted by molar-refractivity contribution is 0.388. The number of pyridine rings is 1.